The van der Waals surface area contributed by atoms with Crippen LogP contribution in [0.15, 0.2) is 24.3 Å². The molecule has 0 aromatic heterocycles. The van der Waals surface area contributed by atoms with Crippen LogP contribution in [0.1, 0.15) is 51.5 Å². The molecular weight excluding hydrogens is 304 g/mol. The molecule has 0 bridgehead atoms. The Morgan fingerprint density at radius 2 is 1.82 bits per heavy atom. The minimum absolute atomic E-state index is 0.0728. The predicted molar refractivity (Wildman–Crippen MR) is 85.4 cm³/mol. The molecule has 0 N–H and O–H groups in total. The fourth-order valence-electron chi connectivity index (χ4n) is 1.90. The highest BCUT2D eigenvalue weighted by Crippen LogP contribution is 2.22. The summed E-state index contributed by atoms with van der Waals surface area (Å²) in [7, 11) is -3.69. The van der Waals surface area contributed by atoms with E-state index in [1.54, 1.807) is 19.1 Å². The first kappa shape index (κ1) is 18.5. The SMILES string of the molecule is CCOC(=O)CCCS(=O)(=O)Oc1ccc(C(C)CC)cc1. The average Bonchev–Trinajstić information content (AvgIpc) is 2.47. The molecule has 1 aromatic carbocycles. The minimum atomic E-state index is -3.69. The number of carbonyl (C=O) groups is 1. The monoisotopic (exact) mass is 328 g/mol. The minimum Gasteiger partial charge on any atom is -0.466 e. The molecule has 0 fully saturated rings. The van der Waals surface area contributed by atoms with Gasteiger partial charge in [0.1, 0.15) is 5.75 Å². The molecule has 0 aliphatic carbocycles. The van der Waals surface area contributed by atoms with Gasteiger partial charge in [-0.1, -0.05) is 26.0 Å². The summed E-state index contributed by atoms with van der Waals surface area (Å²) in [6.07, 6.45) is 1.28. The molecule has 0 heterocycles. The third kappa shape index (κ3) is 6.47. The third-order valence-corrected chi connectivity index (χ3v) is 4.60. The molecule has 0 aliphatic heterocycles. The average molecular weight is 328 g/mol. The lowest BCUT2D eigenvalue weighted by molar-refractivity contribution is -0.143. The van der Waals surface area contributed by atoms with Crippen LogP contribution in [0.4, 0.5) is 0 Å². The molecule has 1 atom stereocenters. The van der Waals surface area contributed by atoms with Gasteiger partial charge in [-0.15, -0.1) is 0 Å². The Labute approximate surface area is 132 Å². The van der Waals surface area contributed by atoms with E-state index in [9.17, 15) is 13.2 Å². The number of carbonyl (C=O) groups excluding carboxylic acids is 1. The maximum absolute atomic E-state index is 11.8. The van der Waals surface area contributed by atoms with Gasteiger partial charge in [0.05, 0.1) is 12.4 Å². The first-order valence-electron chi connectivity index (χ1n) is 7.55. The molecule has 124 valence electrons. The van der Waals surface area contributed by atoms with Crippen molar-refractivity contribution in [2.75, 3.05) is 12.4 Å². The number of hydrogen-bond acceptors (Lipinski definition) is 5. The van der Waals surface area contributed by atoms with Crippen molar-refractivity contribution < 1.29 is 22.1 Å². The Balaban J connectivity index is 2.52. The summed E-state index contributed by atoms with van der Waals surface area (Å²) in [5.41, 5.74) is 1.15. The quantitative estimate of drug-likeness (QED) is 0.514. The number of rotatable bonds is 9. The van der Waals surface area contributed by atoms with Gasteiger partial charge in [0.15, 0.2) is 0 Å². The molecule has 0 saturated carbocycles. The molecule has 0 saturated heterocycles. The Bertz CT molecular complexity index is 563. The topological polar surface area (TPSA) is 69.7 Å². The van der Waals surface area contributed by atoms with Gasteiger partial charge < -0.3 is 8.92 Å². The van der Waals surface area contributed by atoms with Gasteiger partial charge >= 0.3 is 16.1 Å². The fourth-order valence-corrected chi connectivity index (χ4v) is 2.89. The Kier molecular flexibility index (Phi) is 7.38. The molecule has 22 heavy (non-hydrogen) atoms. The Morgan fingerprint density at radius 1 is 1.18 bits per heavy atom. The van der Waals surface area contributed by atoms with Crippen LogP contribution in [-0.2, 0) is 19.6 Å². The first-order valence-corrected chi connectivity index (χ1v) is 9.13. The van der Waals surface area contributed by atoms with Crippen molar-refractivity contribution in [3.63, 3.8) is 0 Å². The maximum Gasteiger partial charge on any atom is 0.309 e. The van der Waals surface area contributed by atoms with Crippen molar-refractivity contribution in [2.24, 2.45) is 0 Å². The summed E-state index contributed by atoms with van der Waals surface area (Å²) >= 11 is 0. The van der Waals surface area contributed by atoms with Crippen molar-refractivity contribution in [1.29, 1.82) is 0 Å². The third-order valence-electron chi connectivity index (χ3n) is 3.37. The van der Waals surface area contributed by atoms with Gasteiger partial charge in [-0.3, -0.25) is 4.79 Å². The number of benzene rings is 1. The second kappa shape index (κ2) is 8.78. The molecule has 1 unspecified atom stereocenters. The van der Waals surface area contributed by atoms with Crippen molar-refractivity contribution >= 4 is 16.1 Å². The lowest BCUT2D eigenvalue weighted by atomic mass is 9.99. The van der Waals surface area contributed by atoms with E-state index in [0.29, 0.717) is 18.3 Å². The maximum atomic E-state index is 11.8. The van der Waals surface area contributed by atoms with E-state index in [4.69, 9.17) is 8.92 Å². The highest BCUT2D eigenvalue weighted by Gasteiger charge is 2.14. The highest BCUT2D eigenvalue weighted by atomic mass is 32.2. The van der Waals surface area contributed by atoms with Crippen LogP contribution in [0.2, 0.25) is 0 Å². The summed E-state index contributed by atoms with van der Waals surface area (Å²) in [5.74, 6) is 0.118. The van der Waals surface area contributed by atoms with Crippen molar-refractivity contribution in [1.82, 2.24) is 0 Å². The number of esters is 1. The van der Waals surface area contributed by atoms with Crippen LogP contribution >= 0.6 is 0 Å². The zero-order valence-electron chi connectivity index (χ0n) is 13.4. The van der Waals surface area contributed by atoms with E-state index < -0.39 is 16.1 Å². The summed E-state index contributed by atoms with van der Waals surface area (Å²) in [4.78, 5) is 11.2. The summed E-state index contributed by atoms with van der Waals surface area (Å²) in [6, 6.07) is 7.06. The van der Waals surface area contributed by atoms with Gasteiger partial charge in [0.25, 0.3) is 0 Å². The fraction of sp³-hybridized carbons (Fsp3) is 0.562. The second-order valence-corrected chi connectivity index (χ2v) is 6.82. The van der Waals surface area contributed by atoms with E-state index >= 15 is 0 Å². The standard InChI is InChI=1S/C16H24O5S/c1-4-13(3)14-8-10-15(11-9-14)21-22(18,19)12-6-7-16(17)20-5-2/h8-11,13H,4-7,12H2,1-3H3. The van der Waals surface area contributed by atoms with Gasteiger partial charge in [-0.25, -0.2) is 0 Å². The molecular formula is C16H24O5S. The van der Waals surface area contributed by atoms with Crippen molar-refractivity contribution in [3.05, 3.63) is 29.8 Å². The van der Waals surface area contributed by atoms with Crippen LogP contribution in [0.5, 0.6) is 5.75 Å². The van der Waals surface area contributed by atoms with Crippen LogP contribution < -0.4 is 4.18 Å². The zero-order chi connectivity index (χ0) is 16.6. The molecule has 6 heteroatoms. The van der Waals surface area contributed by atoms with E-state index in [2.05, 4.69) is 13.8 Å². The molecule has 0 aliphatic rings. The largest absolute Gasteiger partial charge is 0.466 e. The van der Waals surface area contributed by atoms with Crippen LogP contribution in [-0.4, -0.2) is 26.7 Å². The normalized spacial score (nSPS) is 12.7. The second-order valence-electron chi connectivity index (χ2n) is 5.13. The van der Waals surface area contributed by atoms with Gasteiger partial charge in [0.2, 0.25) is 0 Å². The molecule has 1 rings (SSSR count). The lowest BCUT2D eigenvalue weighted by Crippen LogP contribution is -2.15. The zero-order valence-corrected chi connectivity index (χ0v) is 14.2. The molecule has 5 nitrogen and oxygen atoms in total. The van der Waals surface area contributed by atoms with Crippen LogP contribution in [0.25, 0.3) is 0 Å². The van der Waals surface area contributed by atoms with E-state index in [-0.39, 0.29) is 18.6 Å². The van der Waals surface area contributed by atoms with E-state index in [0.717, 1.165) is 12.0 Å². The lowest BCUT2D eigenvalue weighted by Gasteiger charge is -2.10. The smallest absolute Gasteiger partial charge is 0.309 e. The Hall–Kier alpha value is -1.56. The number of ether oxygens (including phenoxy) is 1. The van der Waals surface area contributed by atoms with E-state index in [1.165, 1.54) is 0 Å². The van der Waals surface area contributed by atoms with Crippen molar-refractivity contribution in [3.8, 4) is 5.75 Å². The molecule has 0 amide bonds. The predicted octanol–water partition coefficient (Wildman–Crippen LogP) is 3.25. The molecule has 1 aromatic rings. The number of hydrogen-bond donors (Lipinski definition) is 0. The molecule has 0 radical (unpaired) electrons. The first-order chi connectivity index (χ1) is 10.4. The van der Waals surface area contributed by atoms with E-state index in [1.807, 2.05) is 12.1 Å². The van der Waals surface area contributed by atoms with Gasteiger partial charge in [0, 0.05) is 6.42 Å². The summed E-state index contributed by atoms with van der Waals surface area (Å²) in [6.45, 7) is 6.22. The molecule has 0 spiro atoms. The van der Waals surface area contributed by atoms with Gasteiger partial charge in [-0.2, -0.15) is 8.42 Å². The summed E-state index contributed by atoms with van der Waals surface area (Å²) in [5, 5.41) is 0. The van der Waals surface area contributed by atoms with Crippen molar-refractivity contribution in [2.45, 2.75) is 46.0 Å². The highest BCUT2D eigenvalue weighted by molar-refractivity contribution is 7.87. The van der Waals surface area contributed by atoms with Gasteiger partial charge in [-0.05, 0) is 43.4 Å². The van der Waals surface area contributed by atoms with Crippen LogP contribution in [0, 0.1) is 0 Å². The summed E-state index contributed by atoms with van der Waals surface area (Å²) < 4.78 is 33.5. The van der Waals surface area contributed by atoms with Crippen LogP contribution in [0.3, 0.4) is 0 Å². The Morgan fingerprint density at radius 3 is 2.36 bits per heavy atom.